The predicted molar refractivity (Wildman–Crippen MR) is 54.8 cm³/mol. The zero-order chi connectivity index (χ0) is 9.26. The van der Waals surface area contributed by atoms with Crippen LogP contribution in [0.1, 0.15) is 0 Å². The van der Waals surface area contributed by atoms with E-state index in [1.165, 1.54) is 16.5 Å². The lowest BCUT2D eigenvalue weighted by Gasteiger charge is -2.11. The fourth-order valence-electron chi connectivity index (χ4n) is 1.51. The van der Waals surface area contributed by atoms with E-state index >= 15 is 0 Å². The maximum Gasteiger partial charge on any atom is 0.191 e. The molecule has 2 aromatic rings. The van der Waals surface area contributed by atoms with Crippen LogP contribution in [0.4, 0.5) is 5.69 Å². The van der Waals surface area contributed by atoms with Crippen LogP contribution in [0.2, 0.25) is 0 Å². The van der Waals surface area contributed by atoms with Gasteiger partial charge in [0.1, 0.15) is 5.69 Å². The highest BCUT2D eigenvalue weighted by Gasteiger charge is 2.04. The highest BCUT2D eigenvalue weighted by atomic mass is 15.1. The molecule has 1 aromatic heterocycles. The van der Waals surface area contributed by atoms with Crippen LogP contribution in [-0.4, -0.2) is 14.1 Å². The molecule has 66 valence electrons. The molecule has 2 nitrogen and oxygen atoms in total. The van der Waals surface area contributed by atoms with E-state index in [2.05, 4.69) is 48.2 Å². The van der Waals surface area contributed by atoms with Gasteiger partial charge in [-0.25, -0.2) is 4.98 Å². The zero-order valence-electron chi connectivity index (χ0n) is 7.91. The Bertz CT molecular complexity index is 416. The van der Waals surface area contributed by atoms with Gasteiger partial charge in [-0.3, -0.25) is 0 Å². The molecule has 0 saturated heterocycles. The van der Waals surface area contributed by atoms with Gasteiger partial charge in [-0.2, -0.15) is 0 Å². The Labute approximate surface area is 77.8 Å². The molecule has 1 aromatic carbocycles. The van der Waals surface area contributed by atoms with Crippen molar-refractivity contribution in [3.8, 4) is 0 Å². The van der Waals surface area contributed by atoms with E-state index in [0.29, 0.717) is 0 Å². The first kappa shape index (κ1) is 8.05. The molecular weight excluding hydrogens is 160 g/mol. The lowest BCUT2D eigenvalue weighted by molar-refractivity contribution is -0.375. The molecule has 0 aliphatic rings. The van der Waals surface area contributed by atoms with Crippen LogP contribution in [-0.2, 0) is 0 Å². The van der Waals surface area contributed by atoms with Crippen molar-refractivity contribution in [2.24, 2.45) is 0 Å². The highest BCUT2D eigenvalue weighted by molar-refractivity contribution is 5.92. The lowest BCUT2D eigenvalue weighted by Crippen LogP contribution is -2.13. The minimum atomic E-state index is 1.22. The minimum Gasteiger partial charge on any atom is -0.372 e. The number of hydrogen-bond acceptors (Lipinski definition) is 1. The molecule has 1 N–H and O–H groups in total. The van der Waals surface area contributed by atoms with E-state index < -0.39 is 0 Å². The van der Waals surface area contributed by atoms with E-state index in [-0.39, 0.29) is 0 Å². The topological polar surface area (TPSA) is 17.4 Å². The Morgan fingerprint density at radius 2 is 1.85 bits per heavy atom. The minimum absolute atomic E-state index is 1.22. The van der Waals surface area contributed by atoms with Crippen molar-refractivity contribution >= 4 is 16.5 Å². The van der Waals surface area contributed by atoms with E-state index in [1.54, 1.807) is 0 Å². The molecule has 13 heavy (non-hydrogen) atoms. The maximum atomic E-state index is 3.14. The number of nitrogens with one attached hydrogen (secondary N) is 1. The average Bonchev–Trinajstić information content (AvgIpc) is 2.17. The maximum absolute atomic E-state index is 3.14. The first-order chi connectivity index (χ1) is 6.29. The summed E-state index contributed by atoms with van der Waals surface area (Å²) >= 11 is 0. The predicted octanol–water partition coefficient (Wildman–Crippen LogP) is 1.72. The van der Waals surface area contributed by atoms with E-state index in [4.69, 9.17) is 0 Å². The van der Waals surface area contributed by atoms with Crippen LogP contribution < -0.4 is 9.88 Å². The summed E-state index contributed by atoms with van der Waals surface area (Å²) in [5.74, 6) is 0. The molecule has 2 heteroatoms. The summed E-state index contributed by atoms with van der Waals surface area (Å²) in [6.07, 6.45) is 4.03. The van der Waals surface area contributed by atoms with Crippen molar-refractivity contribution in [1.29, 1.82) is 0 Å². The van der Waals surface area contributed by atoms with Crippen molar-refractivity contribution in [1.82, 2.24) is 0 Å². The summed E-state index contributed by atoms with van der Waals surface area (Å²) in [6, 6.07) is 8.36. The summed E-state index contributed by atoms with van der Waals surface area (Å²) in [4.78, 5) is 5.25. The van der Waals surface area contributed by atoms with Crippen LogP contribution in [0, 0.1) is 0 Å². The Morgan fingerprint density at radius 1 is 1.08 bits per heavy atom. The fourth-order valence-corrected chi connectivity index (χ4v) is 1.51. The number of aromatic nitrogens is 1. The molecule has 0 saturated carbocycles. The standard InChI is InChI=1S/C11H12N2/c1-13(2)11-8-12-7-9-5-3-4-6-10(9)11/h3-8H,1-2H3/p+1. The molecule has 0 unspecified atom stereocenters. The van der Waals surface area contributed by atoms with Crippen LogP contribution in [0.25, 0.3) is 10.8 Å². The zero-order valence-corrected chi connectivity index (χ0v) is 7.91. The van der Waals surface area contributed by atoms with Gasteiger partial charge in [0, 0.05) is 24.9 Å². The molecule has 0 aliphatic carbocycles. The molecule has 0 bridgehead atoms. The van der Waals surface area contributed by atoms with Gasteiger partial charge in [0.15, 0.2) is 12.4 Å². The van der Waals surface area contributed by atoms with Crippen molar-refractivity contribution in [3.63, 3.8) is 0 Å². The Balaban J connectivity index is 2.76. The number of anilines is 1. The fraction of sp³-hybridized carbons (Fsp3) is 0.182. The van der Waals surface area contributed by atoms with E-state index in [0.717, 1.165) is 0 Å². The van der Waals surface area contributed by atoms with Crippen LogP contribution in [0.5, 0.6) is 0 Å². The molecular formula is C11H13N2+. The molecule has 0 aliphatic heterocycles. The van der Waals surface area contributed by atoms with E-state index in [1.807, 2.05) is 12.4 Å². The number of benzene rings is 1. The third-order valence-electron chi connectivity index (χ3n) is 2.18. The lowest BCUT2D eigenvalue weighted by atomic mass is 10.1. The van der Waals surface area contributed by atoms with Crippen LogP contribution in [0.3, 0.4) is 0 Å². The van der Waals surface area contributed by atoms with Gasteiger partial charge in [-0.15, -0.1) is 0 Å². The number of pyridine rings is 1. The highest BCUT2D eigenvalue weighted by Crippen LogP contribution is 2.21. The van der Waals surface area contributed by atoms with Crippen molar-refractivity contribution in [2.75, 3.05) is 19.0 Å². The van der Waals surface area contributed by atoms with Gasteiger partial charge < -0.3 is 4.90 Å². The van der Waals surface area contributed by atoms with Crippen molar-refractivity contribution < 1.29 is 4.98 Å². The number of hydrogen-bond donors (Lipinski definition) is 0. The molecule has 0 radical (unpaired) electrons. The number of nitrogens with zero attached hydrogens (tertiary/aromatic N) is 1. The molecule has 2 rings (SSSR count). The normalized spacial score (nSPS) is 10.3. The van der Waals surface area contributed by atoms with Gasteiger partial charge in [-0.05, 0) is 6.07 Å². The number of aromatic amines is 1. The van der Waals surface area contributed by atoms with Crippen molar-refractivity contribution in [2.45, 2.75) is 0 Å². The second kappa shape index (κ2) is 3.05. The molecule has 0 spiro atoms. The van der Waals surface area contributed by atoms with Gasteiger partial charge in [0.2, 0.25) is 0 Å². The quantitative estimate of drug-likeness (QED) is 0.642. The van der Waals surface area contributed by atoms with Gasteiger partial charge in [0.05, 0.1) is 0 Å². The molecule has 0 atom stereocenters. The second-order valence-corrected chi connectivity index (χ2v) is 3.32. The number of fused-ring (bicyclic) bond motifs is 1. The monoisotopic (exact) mass is 173 g/mol. The first-order valence-electron chi connectivity index (χ1n) is 4.35. The summed E-state index contributed by atoms with van der Waals surface area (Å²) in [7, 11) is 4.10. The summed E-state index contributed by atoms with van der Waals surface area (Å²) in [5, 5.41) is 2.53. The molecule has 0 fully saturated rings. The van der Waals surface area contributed by atoms with Gasteiger partial charge in [-0.1, -0.05) is 18.2 Å². The third-order valence-corrected chi connectivity index (χ3v) is 2.18. The second-order valence-electron chi connectivity index (χ2n) is 3.32. The van der Waals surface area contributed by atoms with E-state index in [9.17, 15) is 0 Å². The van der Waals surface area contributed by atoms with Crippen LogP contribution >= 0.6 is 0 Å². The molecule has 0 amide bonds. The summed E-state index contributed by atoms with van der Waals surface area (Å²) in [5.41, 5.74) is 1.22. The number of rotatable bonds is 1. The Hall–Kier alpha value is -1.57. The summed E-state index contributed by atoms with van der Waals surface area (Å²) < 4.78 is 0. The van der Waals surface area contributed by atoms with Gasteiger partial charge >= 0.3 is 0 Å². The molecule has 1 heterocycles. The SMILES string of the molecule is CN(C)c1c[nH+]cc2ccccc12. The number of H-pyrrole nitrogens is 1. The van der Waals surface area contributed by atoms with Crippen LogP contribution in [0.15, 0.2) is 36.7 Å². The average molecular weight is 173 g/mol. The Morgan fingerprint density at radius 3 is 2.62 bits per heavy atom. The third kappa shape index (κ3) is 1.35. The summed E-state index contributed by atoms with van der Waals surface area (Å²) in [6.45, 7) is 0. The van der Waals surface area contributed by atoms with Gasteiger partial charge in [0.25, 0.3) is 0 Å². The van der Waals surface area contributed by atoms with Crippen molar-refractivity contribution in [3.05, 3.63) is 36.7 Å². The smallest absolute Gasteiger partial charge is 0.191 e. The first-order valence-corrected chi connectivity index (χ1v) is 4.35. The largest absolute Gasteiger partial charge is 0.372 e. The Kier molecular flexibility index (Phi) is 1.89.